The molecule has 1 atom stereocenters. The third kappa shape index (κ3) is 5.65. The molecule has 0 saturated heterocycles. The van der Waals surface area contributed by atoms with Crippen LogP contribution in [-0.2, 0) is 4.74 Å². The molecule has 1 aromatic rings. The Morgan fingerprint density at radius 1 is 1.38 bits per heavy atom. The van der Waals surface area contributed by atoms with E-state index in [0.29, 0.717) is 5.69 Å². The van der Waals surface area contributed by atoms with Gasteiger partial charge in [0.2, 0.25) is 6.09 Å². The molecule has 1 amide bonds. The average molecular weight is 211 g/mol. The third-order valence-corrected chi connectivity index (χ3v) is 1.73. The molecule has 16 heavy (non-hydrogen) atoms. The number of hydrogen-bond donors (Lipinski definition) is 0. The number of hydrogen-bond acceptors (Lipinski definition) is 2. The van der Waals surface area contributed by atoms with Gasteiger partial charge in [-0.25, -0.2) is 0 Å². The molecule has 1 aromatic carbocycles. The maximum absolute atomic E-state index is 11.3. The molecular weight excluding hydrogens is 197 g/mol. The van der Waals surface area contributed by atoms with Gasteiger partial charge in [-0.3, -0.25) is 4.79 Å². The van der Waals surface area contributed by atoms with E-state index in [0.717, 1.165) is 0 Å². The molecule has 0 aliphatic heterocycles. The summed E-state index contributed by atoms with van der Waals surface area (Å²) in [5.41, 5.74) is 0.607. The van der Waals surface area contributed by atoms with Gasteiger partial charge >= 0.3 is 18.9 Å². The predicted octanol–water partition coefficient (Wildman–Crippen LogP) is 0.797. The molecule has 3 nitrogen and oxygen atoms in total. The molecule has 0 heterocycles. The molecule has 1 rings (SSSR count). The number of nitrogens with zero attached hydrogens (tertiary/aromatic N) is 1. The van der Waals surface area contributed by atoms with Crippen molar-refractivity contribution in [2.24, 2.45) is 0 Å². The molecule has 0 aromatic heterocycles. The van der Waals surface area contributed by atoms with Crippen molar-refractivity contribution in [2.45, 2.75) is 20.0 Å². The molecule has 0 aliphatic rings. The third-order valence-electron chi connectivity index (χ3n) is 1.73. The van der Waals surface area contributed by atoms with Crippen LogP contribution >= 0.6 is 0 Å². The summed E-state index contributed by atoms with van der Waals surface area (Å²) >= 11 is 0. The van der Waals surface area contributed by atoms with Crippen molar-refractivity contribution < 1.29 is 28.4 Å². The molecule has 0 saturated carbocycles. The molecule has 1 unspecified atom stereocenters. The van der Waals surface area contributed by atoms with Crippen LogP contribution in [0.1, 0.15) is 13.8 Å². The van der Waals surface area contributed by atoms with Gasteiger partial charge < -0.3 is 10.1 Å². The number of para-hydroxylation sites is 1. The van der Waals surface area contributed by atoms with Gasteiger partial charge in [-0.2, -0.15) is 0 Å². The van der Waals surface area contributed by atoms with Gasteiger partial charge in [-0.1, -0.05) is 36.4 Å². The molecule has 4 heteroatoms. The van der Waals surface area contributed by atoms with Crippen LogP contribution in [0, 0.1) is 0 Å². The van der Waals surface area contributed by atoms with Crippen molar-refractivity contribution in [3.63, 3.8) is 0 Å². The number of rotatable bonds is 3. The number of benzene rings is 1. The first-order valence-electron chi connectivity index (χ1n) is 4.82. The Morgan fingerprint density at radius 3 is 2.56 bits per heavy atom. The standard InChI is InChI=1S/C12H15NO2.Li/c1-3-7-10(2)15-12(14)13-11-8-5-4-6-9-11;/h3-10H,1-2H3,(H,13,14);/q;+1/p-1/b7-3+;. The Kier molecular flexibility index (Phi) is 7.45. The van der Waals surface area contributed by atoms with Crippen LogP contribution in [0.2, 0.25) is 0 Å². The van der Waals surface area contributed by atoms with E-state index in [1.165, 1.54) is 0 Å². The summed E-state index contributed by atoms with van der Waals surface area (Å²) in [6.45, 7) is 3.66. The first-order chi connectivity index (χ1) is 7.22. The zero-order valence-corrected chi connectivity index (χ0v) is 9.88. The first-order valence-corrected chi connectivity index (χ1v) is 4.82. The van der Waals surface area contributed by atoms with Crippen molar-refractivity contribution in [3.8, 4) is 0 Å². The number of amides is 1. The first kappa shape index (κ1) is 14.8. The normalized spacial score (nSPS) is 11.6. The van der Waals surface area contributed by atoms with E-state index < -0.39 is 6.09 Å². The summed E-state index contributed by atoms with van der Waals surface area (Å²) in [4.78, 5) is 11.3. The second kappa shape index (κ2) is 8.03. The van der Waals surface area contributed by atoms with Gasteiger partial charge in [-0.05, 0) is 19.9 Å². The average Bonchev–Trinajstić information content (AvgIpc) is 2.19. The van der Waals surface area contributed by atoms with Crippen molar-refractivity contribution in [2.75, 3.05) is 0 Å². The fourth-order valence-electron chi connectivity index (χ4n) is 1.10. The maximum atomic E-state index is 11.3. The SMILES string of the molecule is C/C=C/C(C)OC(=O)[N-]c1ccccc1.[Li+]. The van der Waals surface area contributed by atoms with Crippen molar-refractivity contribution >= 4 is 11.8 Å². The second-order valence-electron chi connectivity index (χ2n) is 3.06. The molecule has 0 fully saturated rings. The van der Waals surface area contributed by atoms with Crippen LogP contribution < -0.4 is 18.9 Å². The Morgan fingerprint density at radius 2 is 2.00 bits per heavy atom. The molecule has 80 valence electrons. The van der Waals surface area contributed by atoms with E-state index in [4.69, 9.17) is 4.74 Å². The minimum absolute atomic E-state index is 0. The summed E-state index contributed by atoms with van der Waals surface area (Å²) in [7, 11) is 0. The molecule has 0 aliphatic carbocycles. The fraction of sp³-hybridized carbons (Fsp3) is 0.250. The summed E-state index contributed by atoms with van der Waals surface area (Å²) in [5.74, 6) is 0. The van der Waals surface area contributed by atoms with Crippen molar-refractivity contribution in [1.82, 2.24) is 0 Å². The molecule has 0 N–H and O–H groups in total. The van der Waals surface area contributed by atoms with Crippen molar-refractivity contribution in [1.29, 1.82) is 0 Å². The van der Waals surface area contributed by atoms with Gasteiger partial charge in [0.05, 0.1) is 0 Å². The number of ether oxygens (including phenoxy) is 1. The molecule has 0 radical (unpaired) electrons. The molecule has 0 bridgehead atoms. The monoisotopic (exact) mass is 211 g/mol. The topological polar surface area (TPSA) is 40.4 Å². The number of carbonyl (C=O) groups is 1. The van der Waals surface area contributed by atoms with E-state index in [1.807, 2.05) is 31.2 Å². The van der Waals surface area contributed by atoms with Crippen LogP contribution in [0.25, 0.3) is 5.32 Å². The minimum atomic E-state index is -0.563. The Labute approximate surface area is 108 Å². The quantitative estimate of drug-likeness (QED) is 0.548. The fourth-order valence-corrected chi connectivity index (χ4v) is 1.10. The predicted molar refractivity (Wildman–Crippen MR) is 60.2 cm³/mol. The second-order valence-corrected chi connectivity index (χ2v) is 3.06. The summed E-state index contributed by atoms with van der Waals surface area (Å²) in [6.07, 6.45) is 2.82. The van der Waals surface area contributed by atoms with Crippen LogP contribution in [-0.4, -0.2) is 12.2 Å². The Hall–Kier alpha value is -1.17. The van der Waals surface area contributed by atoms with Gasteiger partial charge in [-0.15, -0.1) is 5.69 Å². The summed E-state index contributed by atoms with van der Waals surface area (Å²) in [5, 5.41) is 3.79. The van der Waals surface area contributed by atoms with Gasteiger partial charge in [0.25, 0.3) is 0 Å². The summed E-state index contributed by atoms with van der Waals surface area (Å²) in [6, 6.07) is 9.01. The Balaban J connectivity index is 0.00000225. The van der Waals surface area contributed by atoms with Gasteiger partial charge in [0.15, 0.2) is 0 Å². The van der Waals surface area contributed by atoms with Gasteiger partial charge in [0, 0.05) is 0 Å². The smallest absolute Gasteiger partial charge is 0.591 e. The van der Waals surface area contributed by atoms with Crippen LogP contribution in [0.3, 0.4) is 0 Å². The maximum Gasteiger partial charge on any atom is 1.00 e. The van der Waals surface area contributed by atoms with Crippen LogP contribution in [0.4, 0.5) is 10.5 Å². The Bertz CT molecular complexity index is 338. The van der Waals surface area contributed by atoms with Crippen molar-refractivity contribution in [3.05, 3.63) is 47.8 Å². The van der Waals surface area contributed by atoms with E-state index >= 15 is 0 Å². The zero-order valence-electron chi connectivity index (χ0n) is 9.88. The number of carbonyl (C=O) groups excluding carboxylic acids is 1. The number of allylic oxidation sites excluding steroid dienone is 1. The van der Waals surface area contributed by atoms with Crippen LogP contribution in [0.15, 0.2) is 42.5 Å². The van der Waals surface area contributed by atoms with E-state index in [1.54, 1.807) is 25.1 Å². The molecular formula is C12H14LiNO2. The van der Waals surface area contributed by atoms with E-state index in [9.17, 15) is 4.79 Å². The van der Waals surface area contributed by atoms with E-state index in [2.05, 4.69) is 5.32 Å². The van der Waals surface area contributed by atoms with Crippen LogP contribution in [0.5, 0.6) is 0 Å². The minimum Gasteiger partial charge on any atom is -0.591 e. The zero-order chi connectivity index (χ0) is 11.1. The summed E-state index contributed by atoms with van der Waals surface area (Å²) < 4.78 is 5.00. The molecule has 0 spiro atoms. The van der Waals surface area contributed by atoms with E-state index in [-0.39, 0.29) is 25.0 Å². The van der Waals surface area contributed by atoms with Gasteiger partial charge in [0.1, 0.15) is 6.10 Å². The largest absolute Gasteiger partial charge is 1.00 e.